The summed E-state index contributed by atoms with van der Waals surface area (Å²) in [5.41, 5.74) is 0.814. The van der Waals surface area contributed by atoms with E-state index in [1.54, 1.807) is 6.92 Å². The first-order chi connectivity index (χ1) is 8.61. The van der Waals surface area contributed by atoms with E-state index in [0.717, 1.165) is 12.1 Å². The summed E-state index contributed by atoms with van der Waals surface area (Å²) < 4.78 is 30.6. The van der Waals surface area contributed by atoms with Crippen LogP contribution < -0.4 is 0 Å². The van der Waals surface area contributed by atoms with E-state index in [4.69, 9.17) is 4.74 Å². The van der Waals surface area contributed by atoms with Gasteiger partial charge in [-0.3, -0.25) is 0 Å². The van der Waals surface area contributed by atoms with Gasteiger partial charge in [-0.1, -0.05) is 0 Å². The van der Waals surface area contributed by atoms with Crippen molar-refractivity contribution in [1.29, 1.82) is 0 Å². The number of imidazole rings is 1. The number of carbonyl (C=O) groups is 1. The Kier molecular flexibility index (Phi) is 3.36. The highest BCUT2D eigenvalue weighted by Crippen LogP contribution is 2.19. The summed E-state index contributed by atoms with van der Waals surface area (Å²) in [6.45, 7) is 1.91. The molecule has 0 amide bonds. The van der Waals surface area contributed by atoms with Crippen molar-refractivity contribution in [2.45, 2.75) is 6.92 Å². The third-order valence-electron chi connectivity index (χ3n) is 2.28. The molecule has 0 fully saturated rings. The molecule has 94 valence electrons. The molecule has 0 radical (unpaired) electrons. The number of aromatic amines is 1. The predicted molar refractivity (Wildman–Crippen MR) is 59.9 cm³/mol. The van der Waals surface area contributed by atoms with Crippen molar-refractivity contribution >= 4 is 5.97 Å². The number of nitrogens with zero attached hydrogens (tertiary/aromatic N) is 1. The summed E-state index contributed by atoms with van der Waals surface area (Å²) in [5, 5.41) is 0. The largest absolute Gasteiger partial charge is 0.460 e. The Morgan fingerprint density at radius 3 is 2.83 bits per heavy atom. The lowest BCUT2D eigenvalue weighted by Gasteiger charge is -1.99. The monoisotopic (exact) mass is 252 g/mol. The van der Waals surface area contributed by atoms with E-state index in [-0.39, 0.29) is 12.4 Å². The summed E-state index contributed by atoms with van der Waals surface area (Å²) in [6, 6.07) is 3.42. The molecule has 18 heavy (non-hydrogen) atoms. The van der Waals surface area contributed by atoms with Gasteiger partial charge in [0, 0.05) is 5.56 Å². The predicted octanol–water partition coefficient (Wildman–Crippen LogP) is 2.53. The topological polar surface area (TPSA) is 55.0 Å². The quantitative estimate of drug-likeness (QED) is 0.854. The Labute approximate surface area is 102 Å². The van der Waals surface area contributed by atoms with Crippen molar-refractivity contribution in [1.82, 2.24) is 9.97 Å². The van der Waals surface area contributed by atoms with E-state index < -0.39 is 17.6 Å². The number of hydrogen-bond acceptors (Lipinski definition) is 3. The molecule has 0 bridgehead atoms. The minimum absolute atomic E-state index is 0.0246. The second-order valence-corrected chi connectivity index (χ2v) is 3.49. The highest BCUT2D eigenvalue weighted by Gasteiger charge is 2.12. The Morgan fingerprint density at radius 1 is 1.39 bits per heavy atom. The van der Waals surface area contributed by atoms with Crippen LogP contribution in [0.25, 0.3) is 11.3 Å². The molecular formula is C12H10F2N2O2. The van der Waals surface area contributed by atoms with Crippen LogP contribution in [0.15, 0.2) is 24.4 Å². The molecule has 0 aliphatic carbocycles. The zero-order chi connectivity index (χ0) is 13.1. The zero-order valence-corrected chi connectivity index (χ0v) is 9.54. The van der Waals surface area contributed by atoms with E-state index >= 15 is 0 Å². The molecular weight excluding hydrogens is 242 g/mol. The Balaban J connectivity index is 2.29. The molecule has 0 unspecified atom stereocenters. The maximum absolute atomic E-state index is 13.1. The zero-order valence-electron chi connectivity index (χ0n) is 9.54. The number of nitrogens with one attached hydrogen (secondary N) is 1. The standard InChI is InChI=1S/C12H10F2N2O2/c1-2-18-12(17)11-15-6-10(16-11)7-3-4-8(13)9(14)5-7/h3-6H,2H2,1H3,(H,15,16). The van der Waals surface area contributed by atoms with Gasteiger partial charge in [-0.15, -0.1) is 0 Å². The van der Waals surface area contributed by atoms with Crippen LogP contribution in [0.4, 0.5) is 8.78 Å². The number of H-pyrrole nitrogens is 1. The normalized spacial score (nSPS) is 10.4. The first kappa shape index (κ1) is 12.2. The maximum atomic E-state index is 13.1. The van der Waals surface area contributed by atoms with E-state index in [1.807, 2.05) is 0 Å². The lowest BCUT2D eigenvalue weighted by molar-refractivity contribution is 0.0513. The first-order valence-electron chi connectivity index (χ1n) is 5.29. The number of aromatic nitrogens is 2. The summed E-state index contributed by atoms with van der Waals surface area (Å²) in [5.74, 6) is -2.45. The van der Waals surface area contributed by atoms with Crippen molar-refractivity contribution in [2.75, 3.05) is 6.61 Å². The minimum Gasteiger partial charge on any atom is -0.460 e. The van der Waals surface area contributed by atoms with Gasteiger partial charge in [0.1, 0.15) is 0 Å². The molecule has 1 N–H and O–H groups in total. The molecule has 2 rings (SSSR count). The SMILES string of the molecule is CCOC(=O)c1ncc(-c2ccc(F)c(F)c2)[nH]1. The van der Waals surface area contributed by atoms with Crippen LogP contribution in [0.1, 0.15) is 17.5 Å². The third kappa shape index (κ3) is 2.37. The van der Waals surface area contributed by atoms with Crippen LogP contribution in [0.5, 0.6) is 0 Å². The molecule has 1 heterocycles. The Hall–Kier alpha value is -2.24. The molecule has 6 heteroatoms. The number of carbonyl (C=O) groups excluding carboxylic acids is 1. The van der Waals surface area contributed by atoms with Crippen LogP contribution in [-0.4, -0.2) is 22.5 Å². The van der Waals surface area contributed by atoms with Gasteiger partial charge in [-0.2, -0.15) is 0 Å². The molecule has 1 aromatic carbocycles. The fourth-order valence-corrected chi connectivity index (χ4v) is 1.43. The van der Waals surface area contributed by atoms with Gasteiger partial charge in [-0.05, 0) is 25.1 Å². The molecule has 0 saturated carbocycles. The van der Waals surface area contributed by atoms with E-state index in [9.17, 15) is 13.6 Å². The van der Waals surface area contributed by atoms with Crippen LogP contribution >= 0.6 is 0 Å². The van der Waals surface area contributed by atoms with Crippen molar-refractivity contribution in [3.63, 3.8) is 0 Å². The van der Waals surface area contributed by atoms with Crippen molar-refractivity contribution in [3.8, 4) is 11.3 Å². The fraction of sp³-hybridized carbons (Fsp3) is 0.167. The van der Waals surface area contributed by atoms with Gasteiger partial charge in [0.15, 0.2) is 11.6 Å². The number of hydrogen-bond donors (Lipinski definition) is 1. The molecule has 0 aliphatic heterocycles. The molecule has 1 aromatic heterocycles. The van der Waals surface area contributed by atoms with Gasteiger partial charge in [-0.25, -0.2) is 18.6 Å². The lowest BCUT2D eigenvalue weighted by atomic mass is 10.1. The fourth-order valence-electron chi connectivity index (χ4n) is 1.43. The smallest absolute Gasteiger partial charge is 0.374 e. The molecule has 2 aromatic rings. The van der Waals surface area contributed by atoms with E-state index in [0.29, 0.717) is 11.3 Å². The summed E-state index contributed by atoms with van der Waals surface area (Å²) in [7, 11) is 0. The molecule has 4 nitrogen and oxygen atoms in total. The second kappa shape index (κ2) is 4.95. The summed E-state index contributed by atoms with van der Waals surface area (Å²) in [4.78, 5) is 17.9. The van der Waals surface area contributed by atoms with Gasteiger partial charge in [0.25, 0.3) is 0 Å². The molecule has 0 aliphatic rings. The Morgan fingerprint density at radius 2 is 2.17 bits per heavy atom. The summed E-state index contributed by atoms with van der Waals surface area (Å²) in [6.07, 6.45) is 1.36. The second-order valence-electron chi connectivity index (χ2n) is 3.49. The van der Waals surface area contributed by atoms with Gasteiger partial charge < -0.3 is 9.72 Å². The maximum Gasteiger partial charge on any atom is 0.374 e. The number of rotatable bonds is 3. The Bertz CT molecular complexity index is 581. The number of esters is 1. The number of benzene rings is 1. The van der Waals surface area contributed by atoms with Crippen LogP contribution in [-0.2, 0) is 4.74 Å². The van der Waals surface area contributed by atoms with Gasteiger partial charge in [0.2, 0.25) is 5.82 Å². The number of halogens is 2. The molecule has 0 atom stereocenters. The van der Waals surface area contributed by atoms with E-state index in [2.05, 4.69) is 9.97 Å². The average Bonchev–Trinajstić information content (AvgIpc) is 2.82. The van der Waals surface area contributed by atoms with Crippen molar-refractivity contribution < 1.29 is 18.3 Å². The first-order valence-corrected chi connectivity index (χ1v) is 5.29. The molecule has 0 saturated heterocycles. The summed E-state index contributed by atoms with van der Waals surface area (Å²) >= 11 is 0. The van der Waals surface area contributed by atoms with Crippen molar-refractivity contribution in [3.05, 3.63) is 41.9 Å². The highest BCUT2D eigenvalue weighted by atomic mass is 19.2. The van der Waals surface area contributed by atoms with Crippen LogP contribution in [0.3, 0.4) is 0 Å². The van der Waals surface area contributed by atoms with Crippen LogP contribution in [0, 0.1) is 11.6 Å². The third-order valence-corrected chi connectivity index (χ3v) is 2.28. The average molecular weight is 252 g/mol. The van der Waals surface area contributed by atoms with E-state index in [1.165, 1.54) is 12.3 Å². The van der Waals surface area contributed by atoms with Crippen molar-refractivity contribution in [2.24, 2.45) is 0 Å². The minimum atomic E-state index is -0.959. The molecule has 0 spiro atoms. The van der Waals surface area contributed by atoms with Crippen LogP contribution in [0.2, 0.25) is 0 Å². The number of ether oxygens (including phenoxy) is 1. The lowest BCUT2D eigenvalue weighted by Crippen LogP contribution is -2.06. The highest BCUT2D eigenvalue weighted by molar-refractivity contribution is 5.86. The van der Waals surface area contributed by atoms with Gasteiger partial charge in [0.05, 0.1) is 18.5 Å². The van der Waals surface area contributed by atoms with Gasteiger partial charge >= 0.3 is 5.97 Å².